The standard InChI is InChI=1S/C10H18N4O3S/c1-4-8(10-11-5-7(2)13-10)14-9(15)6-12-18(3,16)17/h5,8,12H,4,6H2,1-3H3,(H,11,13)(H,14,15)/t8-/m1/s1. The van der Waals surface area contributed by atoms with Gasteiger partial charge >= 0.3 is 0 Å². The Hall–Kier alpha value is -1.41. The summed E-state index contributed by atoms with van der Waals surface area (Å²) >= 11 is 0. The fourth-order valence-electron chi connectivity index (χ4n) is 1.42. The molecular formula is C10H18N4O3S. The molecule has 3 N–H and O–H groups in total. The average Bonchev–Trinajstić information content (AvgIpc) is 2.69. The molecule has 18 heavy (non-hydrogen) atoms. The summed E-state index contributed by atoms with van der Waals surface area (Å²) < 4.78 is 23.8. The molecule has 0 fully saturated rings. The number of nitrogens with one attached hydrogen (secondary N) is 3. The molecule has 1 amide bonds. The lowest BCUT2D eigenvalue weighted by Crippen LogP contribution is -2.38. The van der Waals surface area contributed by atoms with Gasteiger partial charge in [0.25, 0.3) is 0 Å². The first-order chi connectivity index (χ1) is 8.31. The Bertz CT molecular complexity index is 509. The molecule has 0 aliphatic carbocycles. The number of carbonyl (C=O) groups excluding carboxylic acids is 1. The van der Waals surface area contributed by atoms with Gasteiger partial charge in [-0.3, -0.25) is 4.79 Å². The molecule has 7 nitrogen and oxygen atoms in total. The number of aromatic amines is 1. The van der Waals surface area contributed by atoms with E-state index in [4.69, 9.17) is 0 Å². The van der Waals surface area contributed by atoms with Crippen LogP contribution in [0.5, 0.6) is 0 Å². The van der Waals surface area contributed by atoms with E-state index >= 15 is 0 Å². The van der Waals surface area contributed by atoms with E-state index < -0.39 is 10.0 Å². The Balaban J connectivity index is 2.56. The highest BCUT2D eigenvalue weighted by Crippen LogP contribution is 2.12. The normalized spacial score (nSPS) is 13.3. The summed E-state index contributed by atoms with van der Waals surface area (Å²) in [6, 6.07) is -0.243. The molecule has 0 radical (unpaired) electrons. The van der Waals surface area contributed by atoms with Crippen molar-refractivity contribution in [2.24, 2.45) is 0 Å². The number of imidazole rings is 1. The predicted molar refractivity (Wildman–Crippen MR) is 67.3 cm³/mol. The van der Waals surface area contributed by atoms with E-state index in [0.717, 1.165) is 11.9 Å². The third-order valence-electron chi connectivity index (χ3n) is 2.29. The van der Waals surface area contributed by atoms with Crippen LogP contribution in [0, 0.1) is 6.92 Å². The lowest BCUT2D eigenvalue weighted by Gasteiger charge is -2.14. The predicted octanol–water partition coefficient (Wildman–Crippen LogP) is -0.165. The third-order valence-corrected chi connectivity index (χ3v) is 2.96. The van der Waals surface area contributed by atoms with Crippen molar-refractivity contribution in [1.29, 1.82) is 0 Å². The molecular weight excluding hydrogens is 256 g/mol. The van der Waals surface area contributed by atoms with E-state index in [1.54, 1.807) is 6.20 Å². The molecule has 0 aliphatic rings. The number of aromatic nitrogens is 2. The van der Waals surface area contributed by atoms with Crippen LogP contribution in [0.25, 0.3) is 0 Å². The molecule has 0 bridgehead atoms. The van der Waals surface area contributed by atoms with Crippen LogP contribution in [0.2, 0.25) is 0 Å². The van der Waals surface area contributed by atoms with Crippen molar-refractivity contribution in [3.8, 4) is 0 Å². The van der Waals surface area contributed by atoms with Crippen LogP contribution in [-0.2, 0) is 14.8 Å². The van der Waals surface area contributed by atoms with Crippen molar-refractivity contribution in [3.05, 3.63) is 17.7 Å². The number of sulfonamides is 1. The van der Waals surface area contributed by atoms with E-state index in [-0.39, 0.29) is 18.5 Å². The summed E-state index contributed by atoms with van der Waals surface area (Å²) in [5.74, 6) is 0.282. The molecule has 1 atom stereocenters. The molecule has 1 rings (SSSR count). The molecule has 8 heteroatoms. The quantitative estimate of drug-likeness (QED) is 0.670. The zero-order chi connectivity index (χ0) is 13.8. The molecule has 0 saturated heterocycles. The number of rotatable bonds is 6. The topological polar surface area (TPSA) is 104 Å². The van der Waals surface area contributed by atoms with Gasteiger partial charge in [-0.05, 0) is 13.3 Å². The van der Waals surface area contributed by atoms with Gasteiger partial charge in [-0.15, -0.1) is 0 Å². The minimum absolute atomic E-state index is 0.243. The fourth-order valence-corrected chi connectivity index (χ4v) is 1.81. The molecule has 1 aromatic heterocycles. The smallest absolute Gasteiger partial charge is 0.235 e. The van der Waals surface area contributed by atoms with E-state index in [9.17, 15) is 13.2 Å². The Morgan fingerprint density at radius 2 is 2.22 bits per heavy atom. The van der Waals surface area contributed by atoms with Gasteiger partial charge < -0.3 is 10.3 Å². The minimum Gasteiger partial charge on any atom is -0.345 e. The summed E-state index contributed by atoms with van der Waals surface area (Å²) in [6.07, 6.45) is 3.35. The monoisotopic (exact) mass is 274 g/mol. The first kappa shape index (κ1) is 14.7. The van der Waals surface area contributed by atoms with E-state index in [2.05, 4.69) is 20.0 Å². The first-order valence-electron chi connectivity index (χ1n) is 5.57. The molecule has 0 aromatic carbocycles. The van der Waals surface area contributed by atoms with E-state index in [1.807, 2.05) is 13.8 Å². The second-order valence-electron chi connectivity index (χ2n) is 4.07. The van der Waals surface area contributed by atoms with Gasteiger partial charge in [0, 0.05) is 11.9 Å². The number of amides is 1. The van der Waals surface area contributed by atoms with Crippen molar-refractivity contribution in [2.75, 3.05) is 12.8 Å². The Labute approximate surface area is 106 Å². The maximum absolute atomic E-state index is 11.6. The minimum atomic E-state index is -3.36. The van der Waals surface area contributed by atoms with Crippen molar-refractivity contribution in [2.45, 2.75) is 26.3 Å². The third kappa shape index (κ3) is 4.84. The Morgan fingerprint density at radius 3 is 2.67 bits per heavy atom. The number of carbonyl (C=O) groups is 1. The highest BCUT2D eigenvalue weighted by atomic mass is 32.2. The number of nitrogens with zero attached hydrogens (tertiary/aromatic N) is 1. The van der Waals surface area contributed by atoms with Gasteiger partial charge in [0.05, 0.1) is 18.8 Å². The average molecular weight is 274 g/mol. The lowest BCUT2D eigenvalue weighted by molar-refractivity contribution is -0.120. The number of aryl methyl sites for hydroxylation is 1. The number of hydrogen-bond donors (Lipinski definition) is 3. The molecule has 1 aromatic rings. The zero-order valence-corrected chi connectivity index (χ0v) is 11.5. The van der Waals surface area contributed by atoms with Crippen LogP contribution in [0.1, 0.15) is 30.9 Å². The van der Waals surface area contributed by atoms with Crippen LogP contribution in [-0.4, -0.2) is 37.1 Å². The maximum Gasteiger partial charge on any atom is 0.235 e. The van der Waals surface area contributed by atoms with Crippen LogP contribution < -0.4 is 10.0 Å². The van der Waals surface area contributed by atoms with E-state index in [0.29, 0.717) is 12.2 Å². The van der Waals surface area contributed by atoms with Gasteiger partial charge in [0.2, 0.25) is 15.9 Å². The molecule has 0 spiro atoms. The SMILES string of the molecule is CC[C@@H](NC(=O)CNS(C)(=O)=O)c1ncc(C)[nH]1. The number of hydrogen-bond acceptors (Lipinski definition) is 4. The Kier molecular flexibility index (Phi) is 4.85. The second-order valence-corrected chi connectivity index (χ2v) is 5.91. The van der Waals surface area contributed by atoms with Crippen molar-refractivity contribution in [3.63, 3.8) is 0 Å². The summed E-state index contributed by atoms with van der Waals surface area (Å²) in [5.41, 5.74) is 0.909. The summed E-state index contributed by atoms with van der Waals surface area (Å²) in [4.78, 5) is 18.7. The molecule has 0 unspecified atom stereocenters. The molecule has 0 aliphatic heterocycles. The fraction of sp³-hybridized carbons (Fsp3) is 0.600. The summed E-state index contributed by atoms with van der Waals surface area (Å²) in [6.45, 7) is 3.51. The van der Waals surface area contributed by atoms with Crippen LogP contribution in [0.4, 0.5) is 0 Å². The van der Waals surface area contributed by atoms with Crippen LogP contribution >= 0.6 is 0 Å². The van der Waals surface area contributed by atoms with Gasteiger partial charge in [0.15, 0.2) is 0 Å². The molecule has 1 heterocycles. The Morgan fingerprint density at radius 1 is 1.56 bits per heavy atom. The van der Waals surface area contributed by atoms with Crippen molar-refractivity contribution < 1.29 is 13.2 Å². The second kappa shape index (κ2) is 5.96. The van der Waals surface area contributed by atoms with E-state index in [1.165, 1.54) is 0 Å². The van der Waals surface area contributed by atoms with Gasteiger partial charge in [-0.2, -0.15) is 0 Å². The summed E-state index contributed by atoms with van der Waals surface area (Å²) in [5, 5.41) is 2.71. The van der Waals surface area contributed by atoms with Crippen molar-refractivity contribution in [1.82, 2.24) is 20.0 Å². The van der Waals surface area contributed by atoms with Gasteiger partial charge in [-0.1, -0.05) is 6.92 Å². The highest BCUT2D eigenvalue weighted by Gasteiger charge is 2.16. The molecule has 102 valence electrons. The summed E-state index contributed by atoms with van der Waals surface area (Å²) in [7, 11) is -3.36. The van der Waals surface area contributed by atoms with Gasteiger partial charge in [-0.25, -0.2) is 18.1 Å². The lowest BCUT2D eigenvalue weighted by atomic mass is 10.2. The number of H-pyrrole nitrogens is 1. The van der Waals surface area contributed by atoms with Gasteiger partial charge in [0.1, 0.15) is 5.82 Å². The largest absolute Gasteiger partial charge is 0.345 e. The first-order valence-corrected chi connectivity index (χ1v) is 7.46. The zero-order valence-electron chi connectivity index (χ0n) is 10.6. The van der Waals surface area contributed by atoms with Crippen molar-refractivity contribution >= 4 is 15.9 Å². The highest BCUT2D eigenvalue weighted by molar-refractivity contribution is 7.88. The molecule has 0 saturated carbocycles. The maximum atomic E-state index is 11.6. The van der Waals surface area contributed by atoms with Crippen LogP contribution in [0.3, 0.4) is 0 Å². The van der Waals surface area contributed by atoms with Crippen LogP contribution in [0.15, 0.2) is 6.20 Å².